The van der Waals surface area contributed by atoms with Gasteiger partial charge in [0.25, 0.3) is 0 Å². The molecule has 1 saturated heterocycles. The lowest BCUT2D eigenvalue weighted by molar-refractivity contribution is 0.107. The van der Waals surface area contributed by atoms with Gasteiger partial charge in [0.1, 0.15) is 5.75 Å². The van der Waals surface area contributed by atoms with Gasteiger partial charge in [-0.05, 0) is 57.5 Å². The quantitative estimate of drug-likeness (QED) is 0.648. The third-order valence-corrected chi connectivity index (χ3v) is 4.61. The van der Waals surface area contributed by atoms with Gasteiger partial charge in [-0.3, -0.25) is 16.2 Å². The number of nitrogens with zero attached hydrogens (tertiary/aromatic N) is 1. The van der Waals surface area contributed by atoms with Gasteiger partial charge in [0.05, 0.1) is 18.2 Å². The number of nitrogens with two attached hydrogens (primary N) is 1. The number of hydrogen-bond donors (Lipinski definition) is 2. The van der Waals surface area contributed by atoms with Gasteiger partial charge in [-0.15, -0.1) is 0 Å². The summed E-state index contributed by atoms with van der Waals surface area (Å²) in [5.41, 5.74) is 3.99. The van der Waals surface area contributed by atoms with Crippen molar-refractivity contribution in [2.24, 2.45) is 5.84 Å². The number of halogens is 1. The number of likely N-dealkylation sites (tertiary alicyclic amines) is 1. The SMILES string of the molecule is COc1cc(C(NN)C(C)(C)N2CCCC2)ccc1Cl. The molecule has 0 amide bonds. The van der Waals surface area contributed by atoms with Crippen molar-refractivity contribution in [1.82, 2.24) is 10.3 Å². The topological polar surface area (TPSA) is 50.5 Å². The van der Waals surface area contributed by atoms with E-state index in [-0.39, 0.29) is 11.6 Å². The van der Waals surface area contributed by atoms with Gasteiger partial charge in [0, 0.05) is 5.54 Å². The summed E-state index contributed by atoms with van der Waals surface area (Å²) in [5, 5.41) is 0.617. The number of hydrogen-bond acceptors (Lipinski definition) is 4. The van der Waals surface area contributed by atoms with Gasteiger partial charge in [0.2, 0.25) is 0 Å². The van der Waals surface area contributed by atoms with Crippen LogP contribution in [0.1, 0.15) is 38.3 Å². The Hall–Kier alpha value is -0.810. The van der Waals surface area contributed by atoms with Crippen molar-refractivity contribution in [2.75, 3.05) is 20.2 Å². The third kappa shape index (κ3) is 2.93. The Balaban J connectivity index is 2.31. The van der Waals surface area contributed by atoms with Crippen molar-refractivity contribution in [3.05, 3.63) is 28.8 Å². The Kier molecular flexibility index (Phi) is 4.91. The molecule has 2 rings (SSSR count). The van der Waals surface area contributed by atoms with Gasteiger partial charge in [-0.1, -0.05) is 17.7 Å². The molecule has 0 aromatic heterocycles. The summed E-state index contributed by atoms with van der Waals surface area (Å²) < 4.78 is 5.30. The Morgan fingerprint density at radius 2 is 2.00 bits per heavy atom. The van der Waals surface area contributed by atoms with Gasteiger partial charge in [0.15, 0.2) is 0 Å². The molecule has 1 unspecified atom stereocenters. The van der Waals surface area contributed by atoms with Crippen LogP contribution in [-0.2, 0) is 0 Å². The molecule has 0 spiro atoms. The minimum atomic E-state index is -0.0654. The van der Waals surface area contributed by atoms with E-state index < -0.39 is 0 Å². The van der Waals surface area contributed by atoms with Crippen molar-refractivity contribution < 1.29 is 4.74 Å². The molecule has 1 aromatic rings. The summed E-state index contributed by atoms with van der Waals surface area (Å²) in [5.74, 6) is 6.52. The minimum absolute atomic E-state index is 0.0202. The molecule has 20 heavy (non-hydrogen) atoms. The Bertz CT molecular complexity index is 458. The number of methoxy groups -OCH3 is 1. The van der Waals surface area contributed by atoms with Crippen LogP contribution < -0.4 is 16.0 Å². The zero-order valence-corrected chi connectivity index (χ0v) is 13.2. The largest absolute Gasteiger partial charge is 0.495 e. The summed E-state index contributed by atoms with van der Waals surface area (Å²) >= 11 is 6.10. The van der Waals surface area contributed by atoms with Crippen molar-refractivity contribution in [3.8, 4) is 5.75 Å². The highest BCUT2D eigenvalue weighted by Crippen LogP contribution is 2.36. The molecule has 112 valence electrons. The highest BCUT2D eigenvalue weighted by Gasteiger charge is 2.37. The molecule has 1 heterocycles. The number of ether oxygens (including phenoxy) is 1. The first kappa shape index (κ1) is 15.6. The summed E-state index contributed by atoms with van der Waals surface area (Å²) in [6.07, 6.45) is 2.51. The molecule has 0 radical (unpaired) electrons. The maximum Gasteiger partial charge on any atom is 0.137 e. The van der Waals surface area contributed by atoms with Crippen LogP contribution in [0.2, 0.25) is 5.02 Å². The number of benzene rings is 1. The summed E-state index contributed by atoms with van der Waals surface area (Å²) in [4.78, 5) is 2.48. The van der Waals surface area contributed by atoms with E-state index >= 15 is 0 Å². The molecular weight excluding hydrogens is 274 g/mol. The highest BCUT2D eigenvalue weighted by atomic mass is 35.5. The van der Waals surface area contributed by atoms with E-state index in [4.69, 9.17) is 22.2 Å². The smallest absolute Gasteiger partial charge is 0.137 e. The fourth-order valence-electron chi connectivity index (χ4n) is 3.04. The predicted octanol–water partition coefficient (Wildman–Crippen LogP) is 2.73. The van der Waals surface area contributed by atoms with E-state index in [2.05, 4.69) is 24.2 Å². The van der Waals surface area contributed by atoms with Crippen LogP contribution in [0, 0.1) is 0 Å². The first-order valence-corrected chi connectivity index (χ1v) is 7.43. The molecule has 1 aromatic carbocycles. The van der Waals surface area contributed by atoms with E-state index in [1.54, 1.807) is 7.11 Å². The molecule has 1 fully saturated rings. The fourth-order valence-corrected chi connectivity index (χ4v) is 3.23. The third-order valence-electron chi connectivity index (χ3n) is 4.30. The standard InChI is InChI=1S/C15H24ClN3O/c1-15(2,19-8-4-5-9-19)14(18-17)11-6-7-12(16)13(10-11)20-3/h6-7,10,14,18H,4-5,8-9,17H2,1-3H3. The Labute approximate surface area is 126 Å². The summed E-state index contributed by atoms with van der Waals surface area (Å²) in [7, 11) is 1.63. The first-order valence-electron chi connectivity index (χ1n) is 7.05. The fraction of sp³-hybridized carbons (Fsp3) is 0.600. The van der Waals surface area contributed by atoms with Crippen LogP contribution in [0.4, 0.5) is 0 Å². The van der Waals surface area contributed by atoms with Crippen molar-refractivity contribution in [2.45, 2.75) is 38.3 Å². The van der Waals surface area contributed by atoms with Crippen molar-refractivity contribution in [3.63, 3.8) is 0 Å². The second-order valence-corrected chi connectivity index (χ2v) is 6.25. The van der Waals surface area contributed by atoms with Gasteiger partial charge in [-0.2, -0.15) is 0 Å². The van der Waals surface area contributed by atoms with E-state index in [0.717, 1.165) is 18.7 Å². The second-order valence-electron chi connectivity index (χ2n) is 5.84. The molecule has 3 N–H and O–H groups in total. The average Bonchev–Trinajstić information content (AvgIpc) is 2.96. The molecule has 1 aliphatic heterocycles. The average molecular weight is 298 g/mol. The van der Waals surface area contributed by atoms with Crippen LogP contribution in [0.25, 0.3) is 0 Å². The molecule has 5 heteroatoms. The molecule has 1 atom stereocenters. The van der Waals surface area contributed by atoms with E-state index in [0.29, 0.717) is 10.8 Å². The Morgan fingerprint density at radius 3 is 2.55 bits per heavy atom. The van der Waals surface area contributed by atoms with Gasteiger partial charge < -0.3 is 4.74 Å². The molecule has 0 saturated carbocycles. The highest BCUT2D eigenvalue weighted by molar-refractivity contribution is 6.32. The molecule has 4 nitrogen and oxygen atoms in total. The van der Waals surface area contributed by atoms with Crippen LogP contribution in [0.3, 0.4) is 0 Å². The van der Waals surface area contributed by atoms with E-state index in [1.807, 2.05) is 18.2 Å². The van der Waals surface area contributed by atoms with Gasteiger partial charge >= 0.3 is 0 Å². The maximum atomic E-state index is 6.10. The number of hydrazine groups is 1. The molecule has 0 aliphatic carbocycles. The zero-order chi connectivity index (χ0) is 14.8. The van der Waals surface area contributed by atoms with Gasteiger partial charge in [-0.25, -0.2) is 0 Å². The normalized spacial score (nSPS) is 18.2. The monoisotopic (exact) mass is 297 g/mol. The molecular formula is C15H24ClN3O. The van der Waals surface area contributed by atoms with Crippen LogP contribution >= 0.6 is 11.6 Å². The second kappa shape index (κ2) is 6.31. The maximum absolute atomic E-state index is 6.10. The predicted molar refractivity (Wildman–Crippen MR) is 83.0 cm³/mol. The summed E-state index contributed by atoms with van der Waals surface area (Å²) in [6.45, 7) is 6.69. The minimum Gasteiger partial charge on any atom is -0.495 e. The number of nitrogens with one attached hydrogen (secondary N) is 1. The molecule has 1 aliphatic rings. The van der Waals surface area contributed by atoms with Crippen molar-refractivity contribution in [1.29, 1.82) is 0 Å². The van der Waals surface area contributed by atoms with E-state index in [1.165, 1.54) is 12.8 Å². The van der Waals surface area contributed by atoms with Crippen LogP contribution in [-0.4, -0.2) is 30.6 Å². The van der Waals surface area contributed by atoms with Crippen LogP contribution in [0.5, 0.6) is 5.75 Å². The zero-order valence-electron chi connectivity index (χ0n) is 12.4. The lowest BCUT2D eigenvalue weighted by Gasteiger charge is -2.42. The Morgan fingerprint density at radius 1 is 1.35 bits per heavy atom. The van der Waals surface area contributed by atoms with Crippen molar-refractivity contribution >= 4 is 11.6 Å². The van der Waals surface area contributed by atoms with E-state index in [9.17, 15) is 0 Å². The first-order chi connectivity index (χ1) is 9.50. The summed E-state index contributed by atoms with van der Waals surface area (Å²) in [6, 6.07) is 5.85. The number of rotatable bonds is 5. The lowest BCUT2D eigenvalue weighted by atomic mass is 9.87. The molecule has 0 bridgehead atoms. The lowest BCUT2D eigenvalue weighted by Crippen LogP contribution is -2.53. The van der Waals surface area contributed by atoms with Crippen LogP contribution in [0.15, 0.2) is 18.2 Å².